The monoisotopic (exact) mass is 383 g/mol. The maximum atomic E-state index is 13.2. The maximum Gasteiger partial charge on any atom is 0.263 e. The standard InChI is InChI=1S/C17H19F2N3O3S/c18-11-7-12(19)9-13(8-11)22-26(24,25)14-5-6-17(20-10-14)21-15-3-1-2-4-16(15)23/h5-10,15-16,22-23H,1-4H2,(H,20,21). The normalized spacial score (nSPS) is 20.6. The fraction of sp³-hybridized carbons (Fsp3) is 0.353. The van der Waals surface area contributed by atoms with Gasteiger partial charge in [0.05, 0.1) is 17.8 Å². The summed E-state index contributed by atoms with van der Waals surface area (Å²) in [6.07, 6.45) is 4.22. The second-order valence-electron chi connectivity index (χ2n) is 6.25. The van der Waals surface area contributed by atoms with Gasteiger partial charge in [-0.15, -0.1) is 0 Å². The van der Waals surface area contributed by atoms with Crippen LogP contribution in [0.2, 0.25) is 0 Å². The molecule has 140 valence electrons. The Labute approximate surface area is 150 Å². The number of nitrogens with one attached hydrogen (secondary N) is 2. The molecule has 9 heteroatoms. The van der Waals surface area contributed by atoms with Crippen LogP contribution in [0.25, 0.3) is 0 Å². The molecule has 0 aliphatic heterocycles. The largest absolute Gasteiger partial charge is 0.391 e. The Morgan fingerprint density at radius 2 is 1.77 bits per heavy atom. The first-order valence-corrected chi connectivity index (χ1v) is 9.71. The highest BCUT2D eigenvalue weighted by atomic mass is 32.2. The summed E-state index contributed by atoms with van der Waals surface area (Å²) in [4.78, 5) is 3.92. The van der Waals surface area contributed by atoms with Gasteiger partial charge in [-0.3, -0.25) is 4.72 Å². The molecule has 0 saturated heterocycles. The van der Waals surface area contributed by atoms with E-state index in [9.17, 15) is 22.3 Å². The summed E-state index contributed by atoms with van der Waals surface area (Å²) in [6, 6.07) is 5.12. The van der Waals surface area contributed by atoms with E-state index in [2.05, 4.69) is 15.0 Å². The van der Waals surface area contributed by atoms with Crippen molar-refractivity contribution < 1.29 is 22.3 Å². The average Bonchev–Trinajstić information content (AvgIpc) is 2.56. The van der Waals surface area contributed by atoms with Gasteiger partial charge >= 0.3 is 0 Å². The van der Waals surface area contributed by atoms with Crippen LogP contribution in [0.4, 0.5) is 20.3 Å². The van der Waals surface area contributed by atoms with E-state index in [-0.39, 0.29) is 16.6 Å². The number of aliphatic hydroxyl groups excluding tert-OH is 1. The van der Waals surface area contributed by atoms with Gasteiger partial charge in [0.15, 0.2) is 0 Å². The lowest BCUT2D eigenvalue weighted by molar-refractivity contribution is 0.116. The molecule has 6 nitrogen and oxygen atoms in total. The molecule has 1 aromatic heterocycles. The van der Waals surface area contributed by atoms with E-state index in [0.29, 0.717) is 11.9 Å². The lowest BCUT2D eigenvalue weighted by atomic mass is 9.92. The highest BCUT2D eigenvalue weighted by Gasteiger charge is 2.23. The van der Waals surface area contributed by atoms with Gasteiger partial charge in [0, 0.05) is 12.3 Å². The third kappa shape index (κ3) is 4.47. The van der Waals surface area contributed by atoms with Crippen molar-refractivity contribution in [2.45, 2.75) is 42.7 Å². The summed E-state index contributed by atoms with van der Waals surface area (Å²) in [7, 11) is -4.03. The lowest BCUT2D eigenvalue weighted by Crippen LogP contribution is -2.36. The van der Waals surface area contributed by atoms with E-state index >= 15 is 0 Å². The number of benzene rings is 1. The van der Waals surface area contributed by atoms with Crippen LogP contribution in [0.1, 0.15) is 25.7 Å². The first-order valence-electron chi connectivity index (χ1n) is 8.23. The lowest BCUT2D eigenvalue weighted by Gasteiger charge is -2.28. The number of aromatic nitrogens is 1. The second kappa shape index (κ2) is 7.55. The number of hydrogen-bond acceptors (Lipinski definition) is 5. The van der Waals surface area contributed by atoms with Gasteiger partial charge in [-0.25, -0.2) is 22.2 Å². The third-order valence-corrected chi connectivity index (χ3v) is 5.59. The van der Waals surface area contributed by atoms with E-state index in [0.717, 1.165) is 44.0 Å². The Morgan fingerprint density at radius 1 is 1.08 bits per heavy atom. The molecule has 3 N–H and O–H groups in total. The van der Waals surface area contributed by atoms with E-state index in [1.54, 1.807) is 0 Å². The van der Waals surface area contributed by atoms with E-state index in [4.69, 9.17) is 0 Å². The van der Waals surface area contributed by atoms with Crippen LogP contribution < -0.4 is 10.0 Å². The number of anilines is 2. The molecular formula is C17H19F2N3O3S. The fourth-order valence-electron chi connectivity index (χ4n) is 2.92. The molecule has 0 spiro atoms. The van der Waals surface area contributed by atoms with Crippen LogP contribution in [-0.2, 0) is 10.0 Å². The van der Waals surface area contributed by atoms with Gasteiger partial charge in [-0.2, -0.15) is 0 Å². The summed E-state index contributed by atoms with van der Waals surface area (Å²) < 4.78 is 53.2. The Hall–Kier alpha value is -2.26. The highest BCUT2D eigenvalue weighted by Crippen LogP contribution is 2.23. The van der Waals surface area contributed by atoms with Crippen LogP contribution in [0.5, 0.6) is 0 Å². The van der Waals surface area contributed by atoms with Crippen LogP contribution in [-0.4, -0.2) is 30.7 Å². The predicted molar refractivity (Wildman–Crippen MR) is 93.3 cm³/mol. The SMILES string of the molecule is O=S(=O)(Nc1cc(F)cc(F)c1)c1ccc(NC2CCCCC2O)nc1. The molecule has 1 fully saturated rings. The topological polar surface area (TPSA) is 91.3 Å². The molecule has 1 aromatic carbocycles. The van der Waals surface area contributed by atoms with E-state index in [1.165, 1.54) is 12.1 Å². The Morgan fingerprint density at radius 3 is 2.38 bits per heavy atom. The molecule has 2 aromatic rings. The third-order valence-electron chi connectivity index (χ3n) is 4.22. The van der Waals surface area contributed by atoms with Crippen molar-refractivity contribution in [2.75, 3.05) is 10.0 Å². The molecular weight excluding hydrogens is 364 g/mol. The molecule has 1 aliphatic rings. The summed E-state index contributed by atoms with van der Waals surface area (Å²) in [6.45, 7) is 0. The molecule has 1 heterocycles. The fourth-order valence-corrected chi connectivity index (χ4v) is 3.91. The minimum Gasteiger partial charge on any atom is -0.391 e. The highest BCUT2D eigenvalue weighted by molar-refractivity contribution is 7.92. The Kier molecular flexibility index (Phi) is 5.38. The first-order chi connectivity index (χ1) is 12.3. The van der Waals surface area contributed by atoms with Crippen molar-refractivity contribution in [3.63, 3.8) is 0 Å². The number of aliphatic hydroxyl groups is 1. The number of rotatable bonds is 5. The number of nitrogens with zero attached hydrogens (tertiary/aromatic N) is 1. The first kappa shape index (κ1) is 18.5. The van der Waals surface area contributed by atoms with Crippen LogP contribution >= 0.6 is 0 Å². The molecule has 1 aliphatic carbocycles. The quantitative estimate of drug-likeness (QED) is 0.739. The molecule has 0 amide bonds. The maximum absolute atomic E-state index is 13.2. The number of pyridine rings is 1. The van der Waals surface area contributed by atoms with Gasteiger partial charge < -0.3 is 10.4 Å². The molecule has 3 rings (SSSR count). The van der Waals surface area contributed by atoms with Crippen molar-refractivity contribution >= 4 is 21.5 Å². The summed E-state index contributed by atoms with van der Waals surface area (Å²) >= 11 is 0. The zero-order chi connectivity index (χ0) is 18.7. The average molecular weight is 383 g/mol. The summed E-state index contributed by atoms with van der Waals surface area (Å²) in [5.74, 6) is -1.32. The number of hydrogen-bond donors (Lipinski definition) is 3. The number of sulfonamides is 1. The van der Waals surface area contributed by atoms with Gasteiger partial charge in [0.2, 0.25) is 0 Å². The molecule has 2 unspecified atom stereocenters. The zero-order valence-electron chi connectivity index (χ0n) is 13.8. The van der Waals surface area contributed by atoms with Crippen molar-refractivity contribution in [2.24, 2.45) is 0 Å². The predicted octanol–water partition coefficient (Wildman–Crippen LogP) is 2.88. The van der Waals surface area contributed by atoms with E-state index in [1.807, 2.05) is 0 Å². The van der Waals surface area contributed by atoms with Crippen LogP contribution in [0.15, 0.2) is 41.4 Å². The zero-order valence-corrected chi connectivity index (χ0v) is 14.6. The van der Waals surface area contributed by atoms with Crippen LogP contribution in [0.3, 0.4) is 0 Å². The molecule has 2 atom stereocenters. The minimum absolute atomic E-state index is 0.118. The smallest absolute Gasteiger partial charge is 0.263 e. The van der Waals surface area contributed by atoms with Gasteiger partial charge in [-0.1, -0.05) is 12.8 Å². The summed E-state index contributed by atoms with van der Waals surface area (Å²) in [5.41, 5.74) is -0.213. The minimum atomic E-state index is -4.03. The second-order valence-corrected chi connectivity index (χ2v) is 7.93. The van der Waals surface area contributed by atoms with Crippen molar-refractivity contribution in [1.29, 1.82) is 0 Å². The van der Waals surface area contributed by atoms with Gasteiger partial charge in [0.1, 0.15) is 22.3 Å². The molecule has 1 saturated carbocycles. The molecule has 0 radical (unpaired) electrons. The van der Waals surface area contributed by atoms with Gasteiger partial charge in [0.25, 0.3) is 10.0 Å². The molecule has 26 heavy (non-hydrogen) atoms. The van der Waals surface area contributed by atoms with Crippen molar-refractivity contribution in [3.8, 4) is 0 Å². The van der Waals surface area contributed by atoms with Gasteiger partial charge in [-0.05, 0) is 37.1 Å². The van der Waals surface area contributed by atoms with Crippen LogP contribution in [0, 0.1) is 11.6 Å². The Bertz CT molecular complexity index is 855. The number of halogens is 2. The Balaban J connectivity index is 1.72. The molecule has 0 bridgehead atoms. The van der Waals surface area contributed by atoms with Crippen molar-refractivity contribution in [1.82, 2.24) is 4.98 Å². The van der Waals surface area contributed by atoms with Crippen molar-refractivity contribution in [3.05, 3.63) is 48.2 Å². The summed E-state index contributed by atoms with van der Waals surface area (Å²) in [5, 5.41) is 13.1. The van der Waals surface area contributed by atoms with E-state index < -0.39 is 27.8 Å².